The van der Waals surface area contributed by atoms with Gasteiger partial charge < -0.3 is 9.52 Å². The zero-order valence-corrected chi connectivity index (χ0v) is 5.09. The van der Waals surface area contributed by atoms with Gasteiger partial charge in [-0.05, 0) is 18.2 Å². The van der Waals surface area contributed by atoms with E-state index in [1.807, 2.05) is 0 Å². The molecule has 2 heteroatoms. The minimum absolute atomic E-state index is 0.134. The van der Waals surface area contributed by atoms with Crippen LogP contribution in [0.1, 0.15) is 0 Å². The van der Waals surface area contributed by atoms with Crippen molar-refractivity contribution in [3.8, 4) is 5.75 Å². The van der Waals surface area contributed by atoms with Crippen LogP contribution < -0.4 is 0 Å². The van der Waals surface area contributed by atoms with E-state index < -0.39 is 0 Å². The van der Waals surface area contributed by atoms with Gasteiger partial charge in [-0.25, -0.2) is 0 Å². The molecule has 1 aromatic heterocycles. The zero-order chi connectivity index (χ0) is 6.97. The van der Waals surface area contributed by atoms with Gasteiger partial charge in [0.2, 0.25) is 0 Å². The number of fused-ring (bicyclic) bond motifs is 1. The predicted octanol–water partition coefficient (Wildman–Crippen LogP) is 1.74. The highest BCUT2D eigenvalue weighted by atomic mass is 16.3. The third kappa shape index (κ3) is 0.547. The van der Waals surface area contributed by atoms with E-state index in [2.05, 4.69) is 12.3 Å². The Labute approximate surface area is 57.7 Å². The standard InChI is InChI=1S/C8H4O2/c9-7-3-1-2-6-4-5-10-8(6)7/h1-3,9H. The van der Waals surface area contributed by atoms with Gasteiger partial charge in [-0.1, -0.05) is 6.07 Å². The average Bonchev–Trinajstić information content (AvgIpc) is 2.36. The minimum atomic E-state index is 0.134. The van der Waals surface area contributed by atoms with E-state index in [0.717, 1.165) is 5.39 Å². The second-order valence-corrected chi connectivity index (χ2v) is 1.98. The summed E-state index contributed by atoms with van der Waals surface area (Å²) in [4.78, 5) is 0. The molecule has 2 rings (SSSR count). The van der Waals surface area contributed by atoms with Gasteiger partial charge in [-0.15, -0.1) is 0 Å². The fourth-order valence-corrected chi connectivity index (χ4v) is 0.862. The van der Waals surface area contributed by atoms with Crippen LogP contribution in [0.5, 0.6) is 5.75 Å². The molecular formula is C8H4O2. The molecule has 2 nitrogen and oxygen atoms in total. The number of phenolic OH excluding ortho intramolecular Hbond substituents is 1. The number of aromatic hydroxyl groups is 1. The fraction of sp³-hybridized carbons (Fsp3) is 0. The van der Waals surface area contributed by atoms with E-state index in [1.54, 1.807) is 18.2 Å². The molecule has 2 aromatic rings. The van der Waals surface area contributed by atoms with Gasteiger partial charge in [-0.3, -0.25) is 0 Å². The van der Waals surface area contributed by atoms with Crippen molar-refractivity contribution in [1.82, 2.24) is 0 Å². The van der Waals surface area contributed by atoms with E-state index >= 15 is 0 Å². The number of benzene rings is 1. The number of hydrogen-bond donors (Lipinski definition) is 1. The van der Waals surface area contributed by atoms with Crippen molar-refractivity contribution in [1.29, 1.82) is 0 Å². The van der Waals surface area contributed by atoms with Crippen molar-refractivity contribution in [2.45, 2.75) is 0 Å². The summed E-state index contributed by atoms with van der Waals surface area (Å²) in [6.07, 6.45) is 2.42. The van der Waals surface area contributed by atoms with Crippen LogP contribution in [0.25, 0.3) is 11.0 Å². The fourth-order valence-electron chi connectivity index (χ4n) is 0.862. The van der Waals surface area contributed by atoms with Gasteiger partial charge in [0.1, 0.15) is 6.26 Å². The Morgan fingerprint density at radius 2 is 2.30 bits per heavy atom. The maximum absolute atomic E-state index is 9.13. The Kier molecular flexibility index (Phi) is 0.870. The van der Waals surface area contributed by atoms with Crippen molar-refractivity contribution in [3.05, 3.63) is 30.5 Å². The first-order valence-electron chi connectivity index (χ1n) is 2.88. The molecule has 1 heterocycles. The lowest BCUT2D eigenvalue weighted by molar-refractivity contribution is 0.465. The number of para-hydroxylation sites is 1. The van der Waals surface area contributed by atoms with E-state index in [4.69, 9.17) is 9.52 Å². The summed E-state index contributed by atoms with van der Waals surface area (Å²) in [5.74, 6) is 0.134. The molecule has 0 spiro atoms. The highest BCUT2D eigenvalue weighted by molar-refractivity contribution is 5.80. The van der Waals surface area contributed by atoms with Crippen LogP contribution in [0.3, 0.4) is 0 Å². The minimum Gasteiger partial charge on any atom is -0.504 e. The summed E-state index contributed by atoms with van der Waals surface area (Å²) >= 11 is 0. The maximum Gasteiger partial charge on any atom is 0.197 e. The topological polar surface area (TPSA) is 33.4 Å². The first-order valence-corrected chi connectivity index (χ1v) is 2.88. The molecule has 0 fully saturated rings. The van der Waals surface area contributed by atoms with Gasteiger partial charge in [-0.2, -0.15) is 0 Å². The lowest BCUT2D eigenvalue weighted by Gasteiger charge is -1.88. The third-order valence-corrected chi connectivity index (χ3v) is 1.33. The molecule has 0 unspecified atom stereocenters. The molecule has 1 N–H and O–H groups in total. The van der Waals surface area contributed by atoms with Crippen LogP contribution in [0, 0.1) is 12.3 Å². The van der Waals surface area contributed by atoms with E-state index in [1.165, 1.54) is 0 Å². The van der Waals surface area contributed by atoms with Crippen LogP contribution >= 0.6 is 0 Å². The van der Waals surface area contributed by atoms with Gasteiger partial charge in [0, 0.05) is 0 Å². The van der Waals surface area contributed by atoms with Crippen molar-refractivity contribution in [2.75, 3.05) is 0 Å². The molecule has 0 aliphatic heterocycles. The van der Waals surface area contributed by atoms with E-state index in [0.29, 0.717) is 5.58 Å². The summed E-state index contributed by atoms with van der Waals surface area (Å²) in [6.45, 7) is 0. The summed E-state index contributed by atoms with van der Waals surface area (Å²) < 4.78 is 4.82. The lowest BCUT2D eigenvalue weighted by Crippen LogP contribution is -1.64. The van der Waals surface area contributed by atoms with Crippen LogP contribution in [-0.2, 0) is 0 Å². The first-order chi connectivity index (χ1) is 4.88. The second-order valence-electron chi connectivity index (χ2n) is 1.98. The van der Waals surface area contributed by atoms with Crippen LogP contribution in [0.2, 0.25) is 0 Å². The Morgan fingerprint density at radius 3 is 3.10 bits per heavy atom. The maximum atomic E-state index is 9.13. The number of hydrogen-bond acceptors (Lipinski definition) is 2. The Morgan fingerprint density at radius 1 is 1.40 bits per heavy atom. The monoisotopic (exact) mass is 132 g/mol. The molecule has 0 saturated carbocycles. The molecule has 0 saturated heterocycles. The molecule has 0 aliphatic rings. The molecule has 0 radical (unpaired) electrons. The van der Waals surface area contributed by atoms with E-state index in [-0.39, 0.29) is 5.75 Å². The second kappa shape index (κ2) is 1.68. The van der Waals surface area contributed by atoms with Crippen LogP contribution in [-0.4, -0.2) is 5.11 Å². The number of rotatable bonds is 0. The quantitative estimate of drug-likeness (QED) is 0.592. The van der Waals surface area contributed by atoms with Gasteiger partial charge in [0.05, 0.1) is 5.39 Å². The first kappa shape index (κ1) is 5.19. The van der Waals surface area contributed by atoms with Crippen molar-refractivity contribution in [2.24, 2.45) is 0 Å². The van der Waals surface area contributed by atoms with Gasteiger partial charge in [0.25, 0.3) is 0 Å². The highest BCUT2D eigenvalue weighted by Gasteiger charge is 1.98. The van der Waals surface area contributed by atoms with E-state index in [9.17, 15) is 0 Å². The molecule has 0 aliphatic carbocycles. The number of phenols is 1. The molecule has 0 bridgehead atoms. The predicted molar refractivity (Wildman–Crippen MR) is 35.6 cm³/mol. The largest absolute Gasteiger partial charge is 0.504 e. The van der Waals surface area contributed by atoms with Crippen molar-refractivity contribution in [3.63, 3.8) is 0 Å². The van der Waals surface area contributed by atoms with Gasteiger partial charge in [0.15, 0.2) is 11.3 Å². The third-order valence-electron chi connectivity index (χ3n) is 1.33. The molecule has 1 aromatic carbocycles. The molecular weight excluding hydrogens is 128 g/mol. The average molecular weight is 132 g/mol. The van der Waals surface area contributed by atoms with Gasteiger partial charge >= 0.3 is 0 Å². The summed E-state index contributed by atoms with van der Waals surface area (Å²) in [5.41, 5.74) is 0.447. The molecule has 0 amide bonds. The molecule has 10 heavy (non-hydrogen) atoms. The van der Waals surface area contributed by atoms with Crippen LogP contribution in [0.15, 0.2) is 22.6 Å². The Balaban J connectivity index is 2.95. The smallest absolute Gasteiger partial charge is 0.197 e. The molecule has 48 valence electrons. The van der Waals surface area contributed by atoms with Crippen molar-refractivity contribution >= 4 is 11.0 Å². The highest BCUT2D eigenvalue weighted by Crippen LogP contribution is 2.21. The Hall–Kier alpha value is -1.62. The van der Waals surface area contributed by atoms with Crippen molar-refractivity contribution < 1.29 is 9.52 Å². The molecule has 0 atom stereocenters. The summed E-state index contributed by atoms with van der Waals surface area (Å²) in [6, 6.07) is 7.81. The SMILES string of the molecule is Oc1cccc2c#coc12. The zero-order valence-electron chi connectivity index (χ0n) is 5.09. The lowest BCUT2D eigenvalue weighted by atomic mass is 10.2. The summed E-state index contributed by atoms with van der Waals surface area (Å²) in [5, 5.41) is 9.88. The van der Waals surface area contributed by atoms with Crippen LogP contribution in [0.4, 0.5) is 0 Å². The normalized spacial score (nSPS) is 9.60. The Bertz CT molecular complexity index is 349. The summed E-state index contributed by atoms with van der Waals surface area (Å²) in [7, 11) is 0.